The Morgan fingerprint density at radius 2 is 1.97 bits per heavy atom. The van der Waals surface area contributed by atoms with Crippen LogP contribution in [0.5, 0.6) is 0 Å². The summed E-state index contributed by atoms with van der Waals surface area (Å²) >= 11 is 0. The van der Waals surface area contributed by atoms with Gasteiger partial charge in [-0.1, -0.05) is 44.5 Å². The normalized spacial score (nSPS) is 36.2. The minimum Gasteiger partial charge on any atom is -0.462 e. The van der Waals surface area contributed by atoms with Crippen LogP contribution in [-0.2, 0) is 14.0 Å². The quantitative estimate of drug-likeness (QED) is 0.229. The summed E-state index contributed by atoms with van der Waals surface area (Å²) in [6, 6.07) is 0. The summed E-state index contributed by atoms with van der Waals surface area (Å²) in [6.07, 6.45) is 7.20. The van der Waals surface area contributed by atoms with Gasteiger partial charge >= 0.3 is 5.97 Å². The van der Waals surface area contributed by atoms with Crippen LogP contribution in [0.15, 0.2) is 16.8 Å². The number of rotatable bonds is 7. The molecule has 0 bridgehead atoms. The first-order valence-corrected chi connectivity index (χ1v) is 15.4. The zero-order valence-corrected chi connectivity index (χ0v) is 21.8. The van der Waals surface area contributed by atoms with Crippen LogP contribution in [0.25, 0.3) is 0 Å². The molecule has 1 aliphatic heterocycles. The fourth-order valence-corrected chi connectivity index (χ4v) is 7.09. The van der Waals surface area contributed by atoms with Crippen molar-refractivity contribution in [2.75, 3.05) is 6.54 Å². The molecule has 3 aliphatic rings. The largest absolute Gasteiger partial charge is 0.462 e. The van der Waals surface area contributed by atoms with Crippen LogP contribution in [0.3, 0.4) is 0 Å². The Morgan fingerprint density at radius 1 is 1.25 bits per heavy atom. The highest BCUT2D eigenvalue weighted by Gasteiger charge is 2.43. The summed E-state index contributed by atoms with van der Waals surface area (Å²) in [5.41, 5.74) is 1.31. The van der Waals surface area contributed by atoms with Gasteiger partial charge in [0.1, 0.15) is 6.10 Å². The Bertz CT molecular complexity index is 716. The third-order valence-electron chi connectivity index (χ3n) is 8.53. The van der Waals surface area contributed by atoms with E-state index in [-0.39, 0.29) is 41.6 Å². The molecule has 1 N–H and O–H groups in total. The molecule has 0 aromatic carbocycles. The molecule has 3 rings (SSSR count). The van der Waals surface area contributed by atoms with E-state index in [2.05, 4.69) is 52.0 Å². The van der Waals surface area contributed by atoms with E-state index in [4.69, 9.17) is 9.16 Å². The van der Waals surface area contributed by atoms with Crippen LogP contribution >= 0.6 is 0 Å². The maximum Gasteiger partial charge on any atom is 0.308 e. The second-order valence-electron chi connectivity index (χ2n) is 12.0. The minimum atomic E-state index is -1.94. The molecule has 1 heterocycles. The summed E-state index contributed by atoms with van der Waals surface area (Å²) in [5, 5.41) is 14.1. The molecule has 2 fully saturated rings. The van der Waals surface area contributed by atoms with E-state index < -0.39 is 14.4 Å². The Hall–Kier alpha value is -1.05. The van der Waals surface area contributed by atoms with Crippen molar-refractivity contribution in [3.63, 3.8) is 0 Å². The number of aliphatic hydroxyl groups is 1. The molecule has 182 valence electrons. The fourth-order valence-electron chi connectivity index (χ4n) is 5.73. The summed E-state index contributed by atoms with van der Waals surface area (Å²) in [4.78, 5) is 23.1. The maximum atomic E-state index is 12.3. The number of nitrogens with zero attached hydrogens (tertiary/aromatic N) is 1. The zero-order chi connectivity index (χ0) is 23.7. The number of cyclic esters (lactones) is 1. The SMILES string of the molecule is C[C@H]1CCC2=C[C@H](CN=O)C[C@H](O)[C@@H]2[C@H]1CC[C@@H]1C[C@@H](O[Si](C)(C)C(C)(C)C)CC(=O)O1. The summed E-state index contributed by atoms with van der Waals surface area (Å²) in [6.45, 7) is 13.7. The Morgan fingerprint density at radius 3 is 2.62 bits per heavy atom. The smallest absolute Gasteiger partial charge is 0.308 e. The number of hydrogen-bond acceptors (Lipinski definition) is 6. The molecule has 0 unspecified atom stereocenters. The molecule has 6 nitrogen and oxygen atoms in total. The van der Waals surface area contributed by atoms with Gasteiger partial charge in [0.25, 0.3) is 0 Å². The van der Waals surface area contributed by atoms with Gasteiger partial charge in [0, 0.05) is 18.3 Å². The van der Waals surface area contributed by atoms with Crippen molar-refractivity contribution in [3.05, 3.63) is 16.6 Å². The third-order valence-corrected chi connectivity index (χ3v) is 13.1. The number of fused-ring (bicyclic) bond motifs is 1. The fraction of sp³-hybridized carbons (Fsp3) is 0.880. The summed E-state index contributed by atoms with van der Waals surface area (Å²) < 4.78 is 12.3. The van der Waals surface area contributed by atoms with E-state index >= 15 is 0 Å². The third kappa shape index (κ3) is 5.89. The average Bonchev–Trinajstić information content (AvgIpc) is 2.66. The molecule has 0 amide bonds. The number of carbonyl (C=O) groups excluding carboxylic acids is 1. The predicted molar refractivity (Wildman–Crippen MR) is 129 cm³/mol. The average molecular weight is 466 g/mol. The van der Waals surface area contributed by atoms with E-state index in [0.717, 1.165) is 32.1 Å². The molecule has 32 heavy (non-hydrogen) atoms. The molecule has 0 aromatic rings. The monoisotopic (exact) mass is 465 g/mol. The van der Waals surface area contributed by atoms with Gasteiger partial charge in [0.2, 0.25) is 0 Å². The molecular formula is C25H43NO5Si. The molecule has 7 atom stereocenters. The van der Waals surface area contributed by atoms with Crippen molar-refractivity contribution in [3.8, 4) is 0 Å². The van der Waals surface area contributed by atoms with E-state index in [1.807, 2.05) is 0 Å². The van der Waals surface area contributed by atoms with Gasteiger partial charge in [-0.2, -0.15) is 4.91 Å². The van der Waals surface area contributed by atoms with Crippen LogP contribution < -0.4 is 0 Å². The van der Waals surface area contributed by atoms with Crippen molar-refractivity contribution < 1.29 is 19.1 Å². The predicted octanol–water partition coefficient (Wildman–Crippen LogP) is 5.60. The second-order valence-corrected chi connectivity index (χ2v) is 16.7. The first kappa shape index (κ1) is 25.6. The molecule has 0 aromatic heterocycles. The van der Waals surface area contributed by atoms with E-state index in [9.17, 15) is 14.8 Å². The number of nitroso groups, excluding NO2 is 1. The number of ether oxygens (including phenoxy) is 1. The molecule has 0 spiro atoms. The topological polar surface area (TPSA) is 85.2 Å². The van der Waals surface area contributed by atoms with Gasteiger partial charge in [0.05, 0.1) is 25.2 Å². The van der Waals surface area contributed by atoms with Gasteiger partial charge < -0.3 is 14.3 Å². The molecule has 0 radical (unpaired) electrons. The van der Waals surface area contributed by atoms with Gasteiger partial charge in [-0.15, -0.1) is 0 Å². The van der Waals surface area contributed by atoms with Crippen LogP contribution in [0.2, 0.25) is 18.1 Å². The first-order chi connectivity index (χ1) is 14.9. The summed E-state index contributed by atoms with van der Waals surface area (Å²) in [5.74, 6) is 0.960. The molecule has 2 aliphatic carbocycles. The van der Waals surface area contributed by atoms with E-state index in [1.54, 1.807) is 0 Å². The number of esters is 1. The van der Waals surface area contributed by atoms with Crippen molar-refractivity contribution in [2.45, 2.75) is 109 Å². The first-order valence-electron chi connectivity index (χ1n) is 12.5. The Balaban J connectivity index is 1.64. The van der Waals surface area contributed by atoms with E-state index in [1.165, 1.54) is 5.57 Å². The van der Waals surface area contributed by atoms with Crippen molar-refractivity contribution >= 4 is 14.3 Å². The van der Waals surface area contributed by atoms with Gasteiger partial charge in [-0.05, 0) is 62.1 Å². The Kier molecular flexibility index (Phi) is 8.04. The lowest BCUT2D eigenvalue weighted by Gasteiger charge is -2.45. The molecular weight excluding hydrogens is 422 g/mol. The zero-order valence-electron chi connectivity index (χ0n) is 20.8. The molecule has 7 heteroatoms. The van der Waals surface area contributed by atoms with Crippen molar-refractivity contribution in [1.82, 2.24) is 0 Å². The highest BCUT2D eigenvalue weighted by molar-refractivity contribution is 6.74. The van der Waals surface area contributed by atoms with Gasteiger partial charge in [0.15, 0.2) is 8.32 Å². The van der Waals surface area contributed by atoms with E-state index in [0.29, 0.717) is 24.7 Å². The lowest BCUT2D eigenvalue weighted by molar-refractivity contribution is -0.160. The number of aliphatic hydroxyl groups excluding tert-OH is 1. The van der Waals surface area contributed by atoms with Crippen LogP contribution in [0, 0.1) is 28.6 Å². The van der Waals surface area contributed by atoms with Crippen LogP contribution in [0.4, 0.5) is 0 Å². The standard InChI is InChI=1S/C25H43NO5Si/c1-16-7-8-18-11-17(15-26-29)12-22(27)24(18)21(16)10-9-19-13-20(14-23(28)30-19)31-32(5,6)25(2,3)4/h11,16-17,19-22,24,27H,7-10,12-15H2,1-6H3/t16-,17-,19+,20+,21-,22-,24-/m0/s1. The lowest BCUT2D eigenvalue weighted by atomic mass is 9.62. The molecule has 1 saturated carbocycles. The van der Waals surface area contributed by atoms with Crippen LogP contribution in [-0.4, -0.2) is 44.2 Å². The number of hydrogen-bond donors (Lipinski definition) is 1. The Labute approximate surface area is 194 Å². The highest BCUT2D eigenvalue weighted by Crippen LogP contribution is 2.47. The van der Waals surface area contributed by atoms with Crippen LogP contribution in [0.1, 0.15) is 72.6 Å². The van der Waals surface area contributed by atoms with Gasteiger partial charge in [-0.3, -0.25) is 4.79 Å². The summed E-state index contributed by atoms with van der Waals surface area (Å²) in [7, 11) is -1.94. The maximum absolute atomic E-state index is 12.3. The molecule has 1 saturated heterocycles. The minimum absolute atomic E-state index is 0.0572. The van der Waals surface area contributed by atoms with Crippen molar-refractivity contribution in [1.29, 1.82) is 0 Å². The second kappa shape index (κ2) is 10.1. The lowest BCUT2D eigenvalue weighted by Crippen LogP contribution is -2.47. The van der Waals surface area contributed by atoms with Crippen molar-refractivity contribution in [2.24, 2.45) is 28.8 Å². The highest BCUT2D eigenvalue weighted by atomic mass is 28.4. The number of carbonyl (C=O) groups is 1. The van der Waals surface area contributed by atoms with Gasteiger partial charge in [-0.25, -0.2) is 0 Å².